The van der Waals surface area contributed by atoms with Crippen molar-refractivity contribution in [2.45, 2.75) is 84.2 Å². The number of aryl methyl sites for hydroxylation is 1. The predicted molar refractivity (Wildman–Crippen MR) is 161 cm³/mol. The van der Waals surface area contributed by atoms with Crippen molar-refractivity contribution in [2.75, 3.05) is 17.6 Å². The fourth-order valence-electron chi connectivity index (χ4n) is 6.05. The zero-order valence-corrected chi connectivity index (χ0v) is 26.3. The fourth-order valence-corrected chi connectivity index (χ4v) is 7.63. The van der Waals surface area contributed by atoms with Crippen LogP contribution >= 0.6 is 0 Å². The van der Waals surface area contributed by atoms with Crippen molar-refractivity contribution in [3.05, 3.63) is 87.4 Å². The van der Waals surface area contributed by atoms with Gasteiger partial charge in [-0.25, -0.2) is 8.42 Å². The van der Waals surface area contributed by atoms with Gasteiger partial charge in [-0.1, -0.05) is 24.3 Å². The molecule has 0 aliphatic heterocycles. The number of alkyl halides is 3. The maximum Gasteiger partial charge on any atom is 0.449 e. The molecule has 0 atom stereocenters. The monoisotopic (exact) mass is 619 g/mol. The minimum Gasteiger partial charge on any atom is -0.468 e. The summed E-state index contributed by atoms with van der Waals surface area (Å²) in [7, 11) is -2.25. The van der Waals surface area contributed by atoms with Gasteiger partial charge in [-0.2, -0.15) is 13.2 Å². The Bertz CT molecular complexity index is 1580. The minimum atomic E-state index is -4.55. The third kappa shape index (κ3) is 7.45. The first-order valence-electron chi connectivity index (χ1n) is 14.5. The molecule has 1 aliphatic carbocycles. The van der Waals surface area contributed by atoms with E-state index in [9.17, 15) is 26.4 Å². The van der Waals surface area contributed by atoms with Crippen molar-refractivity contribution in [1.82, 2.24) is 0 Å². The van der Waals surface area contributed by atoms with E-state index in [1.165, 1.54) is 13.2 Å². The van der Waals surface area contributed by atoms with E-state index in [2.05, 4.69) is 16.9 Å². The molecule has 1 fully saturated rings. The van der Waals surface area contributed by atoms with Crippen molar-refractivity contribution in [3.8, 4) is 0 Å². The molecule has 234 valence electrons. The van der Waals surface area contributed by atoms with Gasteiger partial charge in [-0.05, 0) is 124 Å². The number of nitrogens with one attached hydrogen (secondary N) is 1. The zero-order valence-electron chi connectivity index (χ0n) is 25.5. The van der Waals surface area contributed by atoms with Crippen LogP contribution in [0.1, 0.15) is 90.3 Å². The fraction of sp³-hybridized carbons (Fsp3) is 0.485. The molecule has 2 aromatic carbocycles. The van der Waals surface area contributed by atoms with Crippen LogP contribution in [-0.4, -0.2) is 27.2 Å². The molecule has 1 aliphatic rings. The summed E-state index contributed by atoms with van der Waals surface area (Å²) in [5, 5.41) is 0. The summed E-state index contributed by atoms with van der Waals surface area (Å²) in [6.45, 7) is 9.15. The number of furan rings is 1. The third-order valence-electron chi connectivity index (χ3n) is 8.89. The summed E-state index contributed by atoms with van der Waals surface area (Å²) < 4.78 is 78.1. The van der Waals surface area contributed by atoms with Gasteiger partial charge in [0.15, 0.2) is 0 Å². The van der Waals surface area contributed by atoms with Gasteiger partial charge in [0.1, 0.15) is 5.76 Å². The second kappa shape index (κ2) is 12.4. The average molecular weight is 620 g/mol. The van der Waals surface area contributed by atoms with Crippen LogP contribution in [0.15, 0.2) is 46.9 Å². The molecule has 0 amide bonds. The molecule has 3 aromatic rings. The van der Waals surface area contributed by atoms with E-state index in [1.807, 2.05) is 39.8 Å². The Morgan fingerprint density at radius 1 is 1.00 bits per heavy atom. The van der Waals surface area contributed by atoms with Crippen molar-refractivity contribution < 1.29 is 35.5 Å². The van der Waals surface area contributed by atoms with E-state index in [4.69, 9.17) is 9.15 Å². The van der Waals surface area contributed by atoms with Gasteiger partial charge < -0.3 is 9.15 Å². The highest BCUT2D eigenvalue weighted by Crippen LogP contribution is 2.39. The van der Waals surface area contributed by atoms with Gasteiger partial charge in [0.05, 0.1) is 24.0 Å². The maximum absolute atomic E-state index is 13.2. The first-order valence-corrected chi connectivity index (χ1v) is 16.1. The number of rotatable bonds is 9. The highest BCUT2D eigenvalue weighted by molar-refractivity contribution is 7.92. The quantitative estimate of drug-likeness (QED) is 0.246. The first-order chi connectivity index (χ1) is 20.0. The lowest BCUT2D eigenvalue weighted by atomic mass is 9.77. The van der Waals surface area contributed by atoms with Crippen LogP contribution in [0, 0.1) is 26.7 Å². The van der Waals surface area contributed by atoms with Gasteiger partial charge in [0.2, 0.25) is 15.8 Å². The topological polar surface area (TPSA) is 85.6 Å². The number of esters is 1. The Hall–Kier alpha value is -3.27. The molecule has 10 heteroatoms. The molecule has 1 aromatic heterocycles. The summed E-state index contributed by atoms with van der Waals surface area (Å²) in [5.74, 6) is -0.807. The van der Waals surface area contributed by atoms with Gasteiger partial charge >= 0.3 is 12.1 Å². The number of ether oxygens (including phenoxy) is 1. The molecule has 4 rings (SSSR count). The van der Waals surface area contributed by atoms with E-state index < -0.39 is 27.4 Å². The van der Waals surface area contributed by atoms with Crippen LogP contribution in [0.5, 0.6) is 0 Å². The van der Waals surface area contributed by atoms with Gasteiger partial charge in [-0.3, -0.25) is 9.52 Å². The van der Waals surface area contributed by atoms with Crippen molar-refractivity contribution in [1.29, 1.82) is 0 Å². The van der Waals surface area contributed by atoms with Gasteiger partial charge in [0, 0.05) is 6.42 Å². The molecule has 43 heavy (non-hydrogen) atoms. The first kappa shape index (κ1) is 32.6. The van der Waals surface area contributed by atoms with E-state index in [0.717, 1.165) is 65.1 Å². The molecular weight excluding hydrogens is 579 g/mol. The lowest BCUT2D eigenvalue weighted by Crippen LogP contribution is -2.30. The van der Waals surface area contributed by atoms with Crippen LogP contribution < -0.4 is 4.72 Å². The average Bonchev–Trinajstić information content (AvgIpc) is 3.43. The SMILES string of the molecule is COC(=O)C(C)(C)c1cccc(C2CCC(CS(=O)(=O)Nc3cc(C)c(Cc4ccc(C(F)(F)F)o4)c(C)c3C)CC2)c1. The molecule has 6 nitrogen and oxygen atoms in total. The molecule has 1 heterocycles. The molecule has 0 bridgehead atoms. The van der Waals surface area contributed by atoms with E-state index in [1.54, 1.807) is 13.0 Å². The van der Waals surface area contributed by atoms with E-state index >= 15 is 0 Å². The highest BCUT2D eigenvalue weighted by atomic mass is 32.2. The standard InChI is InChI=1S/C33H40F3NO5S/c1-20-16-29(22(3)21(2)28(20)18-27-14-15-30(42-27)33(34,35)36)37-43(39,40)19-23-10-12-24(13-11-23)25-8-7-9-26(17-25)32(4,5)31(38)41-6/h7-9,14-17,23-24,37H,10-13,18-19H2,1-6H3. The summed E-state index contributed by atoms with van der Waals surface area (Å²) in [4.78, 5) is 12.3. The second-order valence-corrected chi connectivity index (χ2v) is 14.0. The Balaban J connectivity index is 1.40. The van der Waals surface area contributed by atoms with E-state index in [0.29, 0.717) is 11.6 Å². The van der Waals surface area contributed by atoms with E-state index in [-0.39, 0.29) is 29.8 Å². The Kier molecular flexibility index (Phi) is 9.40. The highest BCUT2D eigenvalue weighted by Gasteiger charge is 2.35. The van der Waals surface area contributed by atoms with Crippen LogP contribution in [0.4, 0.5) is 18.9 Å². The lowest BCUT2D eigenvalue weighted by molar-refractivity contribution is -0.153. The lowest BCUT2D eigenvalue weighted by Gasteiger charge is -2.30. The Morgan fingerprint density at radius 2 is 1.67 bits per heavy atom. The molecule has 0 spiro atoms. The van der Waals surface area contributed by atoms with Crippen LogP contribution in [-0.2, 0) is 37.6 Å². The number of carbonyl (C=O) groups is 1. The van der Waals surface area contributed by atoms with Gasteiger partial charge in [0.25, 0.3) is 0 Å². The van der Waals surface area contributed by atoms with Gasteiger partial charge in [-0.15, -0.1) is 0 Å². The molecule has 1 saturated carbocycles. The Labute approximate surface area is 252 Å². The number of halogens is 3. The number of carbonyl (C=O) groups excluding carboxylic acids is 1. The molecule has 0 radical (unpaired) electrons. The van der Waals surface area contributed by atoms with Crippen LogP contribution in [0.2, 0.25) is 0 Å². The minimum absolute atomic E-state index is 0.0149. The van der Waals surface area contributed by atoms with Crippen molar-refractivity contribution in [3.63, 3.8) is 0 Å². The number of sulfonamides is 1. The number of methoxy groups -OCH3 is 1. The summed E-state index contributed by atoms with van der Waals surface area (Å²) in [6.07, 6.45) is -1.11. The zero-order chi connectivity index (χ0) is 31.7. The van der Waals surface area contributed by atoms with Crippen LogP contribution in [0.3, 0.4) is 0 Å². The predicted octanol–water partition coefficient (Wildman–Crippen LogP) is 7.98. The number of anilines is 1. The third-order valence-corrected chi connectivity index (χ3v) is 10.3. The number of benzene rings is 2. The maximum atomic E-state index is 13.2. The van der Waals surface area contributed by atoms with Crippen LogP contribution in [0.25, 0.3) is 0 Å². The number of hydrogen-bond acceptors (Lipinski definition) is 5. The summed E-state index contributed by atoms with van der Waals surface area (Å²) in [5.41, 5.74) is 4.88. The second-order valence-electron chi connectivity index (χ2n) is 12.3. The van der Waals surface area contributed by atoms with Crippen molar-refractivity contribution >= 4 is 21.7 Å². The normalized spacial score (nSPS) is 18.0. The molecular formula is C33H40F3NO5S. The molecule has 0 saturated heterocycles. The molecule has 1 N–H and O–H groups in total. The number of hydrogen-bond donors (Lipinski definition) is 1. The molecule has 0 unspecified atom stereocenters. The summed E-state index contributed by atoms with van der Waals surface area (Å²) in [6, 6.07) is 12.0. The smallest absolute Gasteiger partial charge is 0.449 e. The largest absolute Gasteiger partial charge is 0.468 e. The van der Waals surface area contributed by atoms with Crippen molar-refractivity contribution in [2.24, 2.45) is 5.92 Å². The Morgan fingerprint density at radius 3 is 2.28 bits per heavy atom. The summed E-state index contributed by atoms with van der Waals surface area (Å²) >= 11 is 0.